The van der Waals surface area contributed by atoms with E-state index in [4.69, 9.17) is 0 Å². The van der Waals surface area contributed by atoms with Crippen molar-refractivity contribution in [3.8, 4) is 6.07 Å². The van der Waals surface area contributed by atoms with Crippen LogP contribution in [0.25, 0.3) is 0 Å². The number of nitrogens with zero attached hydrogens (tertiary/aromatic N) is 5. The van der Waals surface area contributed by atoms with Crippen LogP contribution >= 0.6 is 0 Å². The zero-order valence-electron chi connectivity index (χ0n) is 17.3. The molecule has 6 nitrogen and oxygen atoms in total. The molecule has 0 aliphatic carbocycles. The van der Waals surface area contributed by atoms with E-state index in [0.29, 0.717) is 12.5 Å². The Morgan fingerprint density at radius 1 is 0.963 bits per heavy atom. The van der Waals surface area contributed by atoms with E-state index in [1.165, 1.54) is 45.3 Å². The normalized spacial score (nSPS) is 25.0. The van der Waals surface area contributed by atoms with Crippen LogP contribution in [-0.2, 0) is 4.79 Å². The lowest BCUT2D eigenvalue weighted by atomic mass is 9.96. The van der Waals surface area contributed by atoms with Gasteiger partial charge in [0.15, 0.2) is 0 Å². The van der Waals surface area contributed by atoms with Gasteiger partial charge >= 0.3 is 0 Å². The summed E-state index contributed by atoms with van der Waals surface area (Å²) in [4.78, 5) is 21.9. The van der Waals surface area contributed by atoms with Gasteiger partial charge in [0.2, 0.25) is 5.91 Å². The lowest BCUT2D eigenvalue weighted by Gasteiger charge is -2.39. The zero-order chi connectivity index (χ0) is 19.2. The molecule has 1 amide bonds. The minimum Gasteiger partial charge on any atom is -0.339 e. The van der Waals surface area contributed by atoms with E-state index in [1.54, 1.807) is 0 Å². The fourth-order valence-corrected chi connectivity index (χ4v) is 4.85. The summed E-state index contributed by atoms with van der Waals surface area (Å²) >= 11 is 0. The molecule has 6 heteroatoms. The number of hydrogen-bond acceptors (Lipinski definition) is 5. The van der Waals surface area contributed by atoms with Crippen molar-refractivity contribution in [1.82, 2.24) is 19.6 Å². The fraction of sp³-hybridized carbons (Fsp3) is 0.905. The van der Waals surface area contributed by atoms with Crippen LogP contribution in [-0.4, -0.2) is 97.0 Å². The van der Waals surface area contributed by atoms with Crippen molar-refractivity contribution in [1.29, 1.82) is 5.26 Å². The Hall–Kier alpha value is -1.16. The quantitative estimate of drug-likeness (QED) is 0.704. The Balaban J connectivity index is 1.36. The highest BCUT2D eigenvalue weighted by atomic mass is 16.2. The summed E-state index contributed by atoms with van der Waals surface area (Å²) in [5, 5.41) is 9.37. The second kappa shape index (κ2) is 9.86. The lowest BCUT2D eigenvalue weighted by Crippen LogP contribution is -2.54. The van der Waals surface area contributed by atoms with Crippen molar-refractivity contribution >= 4 is 5.91 Å². The first-order valence-electron chi connectivity index (χ1n) is 10.9. The van der Waals surface area contributed by atoms with E-state index in [0.717, 1.165) is 45.2 Å². The topological polar surface area (TPSA) is 53.8 Å². The van der Waals surface area contributed by atoms with E-state index in [-0.39, 0.29) is 11.9 Å². The molecular weight excluding hydrogens is 338 g/mol. The second-order valence-corrected chi connectivity index (χ2v) is 8.96. The van der Waals surface area contributed by atoms with Crippen molar-refractivity contribution in [3.05, 3.63) is 0 Å². The molecule has 0 aromatic carbocycles. The van der Waals surface area contributed by atoms with Crippen molar-refractivity contribution in [2.75, 3.05) is 65.4 Å². The van der Waals surface area contributed by atoms with Gasteiger partial charge in [-0.25, -0.2) is 0 Å². The van der Waals surface area contributed by atoms with Gasteiger partial charge in [-0.3, -0.25) is 14.6 Å². The van der Waals surface area contributed by atoms with Crippen LogP contribution < -0.4 is 0 Å². The van der Waals surface area contributed by atoms with Crippen molar-refractivity contribution < 1.29 is 4.79 Å². The largest absolute Gasteiger partial charge is 0.339 e. The molecule has 0 bridgehead atoms. The molecule has 0 N–H and O–H groups in total. The van der Waals surface area contributed by atoms with Crippen LogP contribution in [0.5, 0.6) is 0 Å². The highest BCUT2D eigenvalue weighted by Crippen LogP contribution is 2.21. The molecule has 3 rings (SSSR count). The molecule has 0 spiro atoms. The van der Waals surface area contributed by atoms with E-state index >= 15 is 0 Å². The molecule has 27 heavy (non-hydrogen) atoms. The average Bonchev–Trinajstić information content (AvgIpc) is 3.17. The maximum absolute atomic E-state index is 12.7. The number of nitriles is 1. The maximum atomic E-state index is 12.7. The predicted octanol–water partition coefficient (Wildman–Crippen LogP) is 1.49. The number of carbonyl (C=O) groups excluding carboxylic acids is 1. The van der Waals surface area contributed by atoms with Gasteiger partial charge in [-0.05, 0) is 63.7 Å². The highest BCUT2D eigenvalue weighted by molar-refractivity contribution is 5.78. The molecule has 0 unspecified atom stereocenters. The molecule has 3 aliphatic heterocycles. The van der Waals surface area contributed by atoms with Crippen LogP contribution in [0.4, 0.5) is 0 Å². The van der Waals surface area contributed by atoms with E-state index < -0.39 is 0 Å². The second-order valence-electron chi connectivity index (χ2n) is 8.96. The lowest BCUT2D eigenvalue weighted by molar-refractivity contribution is -0.134. The van der Waals surface area contributed by atoms with Crippen molar-refractivity contribution in [2.24, 2.45) is 11.8 Å². The van der Waals surface area contributed by atoms with E-state index in [9.17, 15) is 10.1 Å². The third kappa shape index (κ3) is 5.66. The first-order chi connectivity index (χ1) is 13.1. The Morgan fingerprint density at radius 3 is 2.15 bits per heavy atom. The molecule has 3 aliphatic rings. The SMILES string of the molecule is CC(C)[C@@H](C#N)N1CCN(C(=O)CN2CCC(CN3CCCC3)CC2)CC1. The Kier molecular flexibility index (Phi) is 7.51. The molecular formula is C21H37N5O. The van der Waals surface area contributed by atoms with Crippen molar-refractivity contribution in [2.45, 2.75) is 45.6 Å². The van der Waals surface area contributed by atoms with Gasteiger partial charge in [-0.1, -0.05) is 13.8 Å². The number of hydrogen-bond donors (Lipinski definition) is 0. The van der Waals surface area contributed by atoms with Gasteiger partial charge < -0.3 is 9.80 Å². The minimum atomic E-state index is -0.0307. The van der Waals surface area contributed by atoms with Gasteiger partial charge in [0.25, 0.3) is 0 Å². The van der Waals surface area contributed by atoms with Gasteiger partial charge in [-0.2, -0.15) is 5.26 Å². The van der Waals surface area contributed by atoms with Crippen LogP contribution in [0.3, 0.4) is 0 Å². The number of likely N-dealkylation sites (tertiary alicyclic amines) is 2. The summed E-state index contributed by atoms with van der Waals surface area (Å²) in [6.07, 6.45) is 5.20. The minimum absolute atomic E-state index is 0.0307. The van der Waals surface area contributed by atoms with Crippen LogP contribution in [0.2, 0.25) is 0 Å². The molecule has 0 saturated carbocycles. The van der Waals surface area contributed by atoms with Crippen LogP contribution in [0, 0.1) is 23.2 Å². The number of piperazine rings is 1. The van der Waals surface area contributed by atoms with E-state index in [2.05, 4.69) is 34.6 Å². The summed E-state index contributed by atoms with van der Waals surface area (Å²) in [6.45, 7) is 13.9. The Bertz CT molecular complexity index is 509. The van der Waals surface area contributed by atoms with Crippen molar-refractivity contribution in [3.63, 3.8) is 0 Å². The van der Waals surface area contributed by atoms with Gasteiger partial charge in [-0.15, -0.1) is 0 Å². The maximum Gasteiger partial charge on any atom is 0.236 e. The van der Waals surface area contributed by atoms with Gasteiger partial charge in [0.1, 0.15) is 6.04 Å². The van der Waals surface area contributed by atoms with E-state index in [1.807, 2.05) is 4.90 Å². The third-order valence-electron chi connectivity index (χ3n) is 6.61. The predicted molar refractivity (Wildman–Crippen MR) is 107 cm³/mol. The van der Waals surface area contributed by atoms with Gasteiger partial charge in [0.05, 0.1) is 12.6 Å². The average molecular weight is 376 g/mol. The summed E-state index contributed by atoms with van der Waals surface area (Å²) in [5.74, 6) is 1.42. The molecule has 3 fully saturated rings. The molecule has 3 heterocycles. The smallest absolute Gasteiger partial charge is 0.236 e. The molecule has 0 aromatic heterocycles. The van der Waals surface area contributed by atoms with Crippen LogP contribution in [0.1, 0.15) is 39.5 Å². The molecule has 3 saturated heterocycles. The first kappa shape index (κ1) is 20.6. The number of piperidine rings is 1. The fourth-order valence-electron chi connectivity index (χ4n) is 4.85. The highest BCUT2D eigenvalue weighted by Gasteiger charge is 2.29. The number of amides is 1. The zero-order valence-corrected chi connectivity index (χ0v) is 17.3. The molecule has 1 atom stereocenters. The summed E-state index contributed by atoms with van der Waals surface area (Å²) < 4.78 is 0. The monoisotopic (exact) mass is 375 g/mol. The molecule has 0 aromatic rings. The number of rotatable bonds is 6. The Labute approximate surface area is 165 Å². The van der Waals surface area contributed by atoms with Gasteiger partial charge in [0, 0.05) is 32.7 Å². The molecule has 0 radical (unpaired) electrons. The first-order valence-corrected chi connectivity index (χ1v) is 10.9. The standard InChI is InChI=1S/C21H37N5O/c1-18(2)20(15-22)25-11-13-26(14-12-25)21(27)17-24-9-5-19(6-10-24)16-23-7-3-4-8-23/h18-20H,3-14,16-17H2,1-2H3/t20-/m1/s1. The molecule has 152 valence electrons. The van der Waals surface area contributed by atoms with Crippen LogP contribution in [0.15, 0.2) is 0 Å². The number of carbonyl (C=O) groups is 1. The summed E-state index contributed by atoms with van der Waals surface area (Å²) in [7, 11) is 0. The third-order valence-corrected chi connectivity index (χ3v) is 6.61. The Morgan fingerprint density at radius 2 is 1.59 bits per heavy atom. The summed E-state index contributed by atoms with van der Waals surface area (Å²) in [6, 6.07) is 2.39. The summed E-state index contributed by atoms with van der Waals surface area (Å²) in [5.41, 5.74) is 0.